The van der Waals surface area contributed by atoms with Crippen LogP contribution in [0, 0.1) is 13.8 Å². The Morgan fingerprint density at radius 1 is 1.19 bits per heavy atom. The van der Waals surface area contributed by atoms with Crippen LogP contribution in [-0.2, 0) is 17.6 Å². The molecule has 0 spiro atoms. The molecular formula is C18H19NO2. The summed E-state index contributed by atoms with van der Waals surface area (Å²) in [6, 6.07) is 4.24. The third-order valence-corrected chi connectivity index (χ3v) is 4.31. The molecule has 1 aromatic carbocycles. The third kappa shape index (κ3) is 2.56. The van der Waals surface area contributed by atoms with E-state index in [1.54, 1.807) is 6.08 Å². The van der Waals surface area contributed by atoms with Crippen LogP contribution in [0.4, 0.5) is 0 Å². The molecule has 1 aliphatic carbocycles. The van der Waals surface area contributed by atoms with E-state index in [-0.39, 0.29) is 0 Å². The lowest BCUT2D eigenvalue weighted by Gasteiger charge is -2.20. The molecule has 1 N–H and O–H groups in total. The van der Waals surface area contributed by atoms with Crippen LogP contribution in [0.25, 0.3) is 17.0 Å². The summed E-state index contributed by atoms with van der Waals surface area (Å²) in [5, 5.41) is 10.0. The standard InChI is InChI=1S/C18H19NO2/c1-11-9-15-13(7-8-18(20)21)14-5-3-4-6-16(14)19-17(15)10-12(11)2/h7-10H,3-6H2,1-2H3,(H,20,21)/b8-7+. The summed E-state index contributed by atoms with van der Waals surface area (Å²) in [5.74, 6) is -0.909. The normalized spacial score (nSPS) is 14.6. The molecular weight excluding hydrogens is 262 g/mol. The van der Waals surface area contributed by atoms with Crippen molar-refractivity contribution in [2.45, 2.75) is 39.5 Å². The second-order valence-electron chi connectivity index (χ2n) is 5.78. The Labute approximate surface area is 124 Å². The first-order valence-corrected chi connectivity index (χ1v) is 7.40. The lowest BCUT2D eigenvalue weighted by atomic mass is 9.89. The number of hydrogen-bond donors (Lipinski definition) is 1. The number of aryl methyl sites for hydroxylation is 3. The van der Waals surface area contributed by atoms with Crippen molar-refractivity contribution in [1.82, 2.24) is 4.98 Å². The van der Waals surface area contributed by atoms with E-state index >= 15 is 0 Å². The molecule has 1 aliphatic rings. The first kappa shape index (κ1) is 13.8. The van der Waals surface area contributed by atoms with Gasteiger partial charge in [0.1, 0.15) is 0 Å². The van der Waals surface area contributed by atoms with E-state index in [2.05, 4.69) is 26.0 Å². The predicted molar refractivity (Wildman–Crippen MR) is 84.5 cm³/mol. The maximum Gasteiger partial charge on any atom is 0.328 e. The zero-order valence-corrected chi connectivity index (χ0v) is 12.4. The molecule has 1 aromatic heterocycles. The molecule has 0 atom stereocenters. The molecule has 0 aliphatic heterocycles. The first-order valence-electron chi connectivity index (χ1n) is 7.40. The summed E-state index contributed by atoms with van der Waals surface area (Å²) in [6.45, 7) is 4.17. The van der Waals surface area contributed by atoms with Gasteiger partial charge in [-0.1, -0.05) is 0 Å². The minimum absolute atomic E-state index is 0.909. The van der Waals surface area contributed by atoms with Crippen LogP contribution in [0.2, 0.25) is 0 Å². The topological polar surface area (TPSA) is 50.2 Å². The number of carboxylic acids is 1. The number of aliphatic carboxylic acids is 1. The van der Waals surface area contributed by atoms with E-state index in [9.17, 15) is 4.79 Å². The Hall–Kier alpha value is -2.16. The molecule has 0 bridgehead atoms. The Morgan fingerprint density at radius 2 is 1.90 bits per heavy atom. The van der Waals surface area contributed by atoms with Gasteiger partial charge in [-0.15, -0.1) is 0 Å². The molecule has 0 saturated carbocycles. The Bertz CT molecular complexity index is 760. The molecule has 1 heterocycles. The van der Waals surface area contributed by atoms with Crippen molar-refractivity contribution < 1.29 is 9.90 Å². The highest BCUT2D eigenvalue weighted by Gasteiger charge is 2.17. The molecule has 0 unspecified atom stereocenters. The largest absolute Gasteiger partial charge is 0.478 e. The molecule has 21 heavy (non-hydrogen) atoms. The fourth-order valence-electron chi connectivity index (χ4n) is 3.07. The van der Waals surface area contributed by atoms with Gasteiger partial charge in [-0.2, -0.15) is 0 Å². The van der Waals surface area contributed by atoms with Gasteiger partial charge >= 0.3 is 5.97 Å². The maximum absolute atomic E-state index is 10.9. The number of hydrogen-bond acceptors (Lipinski definition) is 2. The van der Waals surface area contributed by atoms with E-state index in [1.807, 2.05) is 0 Å². The molecule has 3 heteroatoms. The molecule has 0 amide bonds. The van der Waals surface area contributed by atoms with Gasteiger partial charge in [0.2, 0.25) is 0 Å². The van der Waals surface area contributed by atoms with E-state index in [0.29, 0.717) is 0 Å². The summed E-state index contributed by atoms with van der Waals surface area (Å²) < 4.78 is 0. The highest BCUT2D eigenvalue weighted by molar-refractivity contribution is 5.94. The summed E-state index contributed by atoms with van der Waals surface area (Å²) in [6.07, 6.45) is 7.28. The molecule has 0 fully saturated rings. The monoisotopic (exact) mass is 281 g/mol. The van der Waals surface area contributed by atoms with Gasteiger partial charge in [0.05, 0.1) is 5.52 Å². The first-order chi connectivity index (χ1) is 10.1. The van der Waals surface area contributed by atoms with E-state index in [0.717, 1.165) is 41.4 Å². The molecule has 3 rings (SSSR count). The third-order valence-electron chi connectivity index (χ3n) is 4.31. The van der Waals surface area contributed by atoms with Crippen LogP contribution in [0.5, 0.6) is 0 Å². The van der Waals surface area contributed by atoms with E-state index in [4.69, 9.17) is 10.1 Å². The van der Waals surface area contributed by atoms with Crippen LogP contribution in [-0.4, -0.2) is 16.1 Å². The number of aromatic nitrogens is 1. The summed E-state index contributed by atoms with van der Waals surface area (Å²) in [4.78, 5) is 15.7. The fraction of sp³-hybridized carbons (Fsp3) is 0.333. The number of carbonyl (C=O) groups is 1. The average molecular weight is 281 g/mol. The Balaban J connectivity index is 2.32. The summed E-state index contributed by atoms with van der Waals surface area (Å²) in [5.41, 5.74) is 6.82. The van der Waals surface area contributed by atoms with Gasteiger partial charge in [0, 0.05) is 17.2 Å². The number of fused-ring (bicyclic) bond motifs is 2. The van der Waals surface area contributed by atoms with Crippen LogP contribution >= 0.6 is 0 Å². The second-order valence-corrected chi connectivity index (χ2v) is 5.78. The number of rotatable bonds is 2. The number of benzene rings is 1. The van der Waals surface area contributed by atoms with Gasteiger partial charge < -0.3 is 5.11 Å². The van der Waals surface area contributed by atoms with Crippen molar-refractivity contribution in [2.75, 3.05) is 0 Å². The Morgan fingerprint density at radius 3 is 2.67 bits per heavy atom. The van der Waals surface area contributed by atoms with Crippen LogP contribution < -0.4 is 0 Å². The van der Waals surface area contributed by atoms with Crippen molar-refractivity contribution in [1.29, 1.82) is 0 Å². The Kier molecular flexibility index (Phi) is 3.50. The van der Waals surface area contributed by atoms with Gasteiger partial charge in [-0.3, -0.25) is 4.98 Å². The molecule has 0 radical (unpaired) electrons. The number of pyridine rings is 1. The zero-order chi connectivity index (χ0) is 15.0. The molecule has 2 aromatic rings. The van der Waals surface area contributed by atoms with E-state index in [1.165, 1.54) is 29.2 Å². The van der Waals surface area contributed by atoms with Crippen LogP contribution in [0.3, 0.4) is 0 Å². The van der Waals surface area contributed by atoms with Crippen molar-refractivity contribution in [3.63, 3.8) is 0 Å². The fourth-order valence-corrected chi connectivity index (χ4v) is 3.07. The second kappa shape index (κ2) is 5.32. The minimum Gasteiger partial charge on any atom is -0.478 e. The highest BCUT2D eigenvalue weighted by atomic mass is 16.4. The quantitative estimate of drug-likeness (QED) is 0.851. The van der Waals surface area contributed by atoms with Crippen molar-refractivity contribution in [2.24, 2.45) is 0 Å². The smallest absolute Gasteiger partial charge is 0.328 e. The van der Waals surface area contributed by atoms with Crippen molar-refractivity contribution in [3.05, 3.63) is 46.2 Å². The van der Waals surface area contributed by atoms with E-state index < -0.39 is 5.97 Å². The summed E-state index contributed by atoms with van der Waals surface area (Å²) >= 11 is 0. The highest BCUT2D eigenvalue weighted by Crippen LogP contribution is 2.31. The van der Waals surface area contributed by atoms with Crippen molar-refractivity contribution in [3.8, 4) is 0 Å². The lowest BCUT2D eigenvalue weighted by molar-refractivity contribution is -0.131. The maximum atomic E-state index is 10.9. The van der Waals surface area contributed by atoms with Crippen LogP contribution in [0.15, 0.2) is 18.2 Å². The minimum atomic E-state index is -0.909. The van der Waals surface area contributed by atoms with Crippen LogP contribution in [0.1, 0.15) is 40.8 Å². The molecule has 3 nitrogen and oxygen atoms in total. The lowest BCUT2D eigenvalue weighted by Crippen LogP contribution is -2.08. The summed E-state index contributed by atoms with van der Waals surface area (Å²) in [7, 11) is 0. The van der Waals surface area contributed by atoms with Crippen molar-refractivity contribution >= 4 is 22.9 Å². The van der Waals surface area contributed by atoms with Gasteiger partial charge in [0.25, 0.3) is 0 Å². The molecule has 108 valence electrons. The van der Waals surface area contributed by atoms with Gasteiger partial charge in [0.15, 0.2) is 0 Å². The SMILES string of the molecule is Cc1cc2nc3c(c(/C=C/C(=O)O)c2cc1C)CCCC3. The van der Waals surface area contributed by atoms with Gasteiger partial charge in [-0.05, 0) is 80.0 Å². The van der Waals surface area contributed by atoms with Gasteiger partial charge in [-0.25, -0.2) is 4.79 Å². The number of nitrogens with zero attached hydrogens (tertiary/aromatic N) is 1. The average Bonchev–Trinajstić information content (AvgIpc) is 2.45. The number of carboxylic acid groups (broad SMARTS) is 1. The molecule has 0 saturated heterocycles. The zero-order valence-electron chi connectivity index (χ0n) is 12.4. The predicted octanol–water partition coefficient (Wildman–Crippen LogP) is 3.83.